The van der Waals surface area contributed by atoms with Crippen LogP contribution >= 0.6 is 19.1 Å². The average molecular weight is 290 g/mol. The minimum absolute atomic E-state index is 0.102. The number of aromatic hydroxyl groups is 1. The molecule has 2 N–H and O–H groups in total. The number of phenolic OH excluding ortho intramolecular Hbond substituents is 1. The second kappa shape index (κ2) is 5.62. The van der Waals surface area contributed by atoms with Gasteiger partial charge in [0.1, 0.15) is 5.75 Å². The first-order chi connectivity index (χ1) is 8.52. The second-order valence-corrected chi connectivity index (χ2v) is 7.02. The molecular formula is C12H17ClNO3P. The summed E-state index contributed by atoms with van der Waals surface area (Å²) in [7, 11) is -2.89. The molecule has 1 aromatic rings. The highest BCUT2D eigenvalue weighted by molar-refractivity contribution is 7.56. The number of benzene rings is 1. The van der Waals surface area contributed by atoms with Gasteiger partial charge in [-0.15, -0.1) is 0 Å². The Morgan fingerprint density at radius 2 is 2.28 bits per heavy atom. The van der Waals surface area contributed by atoms with E-state index in [2.05, 4.69) is 5.09 Å². The molecule has 1 fully saturated rings. The van der Waals surface area contributed by atoms with Crippen LogP contribution in [0.5, 0.6) is 5.75 Å². The summed E-state index contributed by atoms with van der Waals surface area (Å²) in [5.74, 6) is 0.102. The molecule has 1 aliphatic rings. The number of rotatable bonds is 6. The maximum absolute atomic E-state index is 12.6. The van der Waals surface area contributed by atoms with Crippen LogP contribution in [0.1, 0.15) is 25.3 Å². The van der Waals surface area contributed by atoms with Crippen LogP contribution in [0.3, 0.4) is 0 Å². The summed E-state index contributed by atoms with van der Waals surface area (Å²) in [5, 5.41) is 12.8. The molecule has 0 aromatic heterocycles. The van der Waals surface area contributed by atoms with Gasteiger partial charge >= 0.3 is 0 Å². The standard InChI is InChI=1S/C12H17ClNO3P/c1-2-17-18(16,14-10-4-5-10)8-9-3-6-11(15)7-12(9)13/h3,6-7,10,15H,2,4-5,8H2,1H3,(H,14,16). The van der Waals surface area contributed by atoms with E-state index in [1.165, 1.54) is 12.1 Å². The Morgan fingerprint density at radius 1 is 1.56 bits per heavy atom. The molecule has 0 aliphatic heterocycles. The molecule has 0 heterocycles. The molecular weight excluding hydrogens is 273 g/mol. The molecule has 18 heavy (non-hydrogen) atoms. The van der Waals surface area contributed by atoms with Crippen LogP contribution in [0, 0.1) is 0 Å². The summed E-state index contributed by atoms with van der Waals surface area (Å²) in [4.78, 5) is 0. The molecule has 1 atom stereocenters. The van der Waals surface area contributed by atoms with E-state index >= 15 is 0 Å². The molecule has 1 aliphatic carbocycles. The summed E-state index contributed by atoms with van der Waals surface area (Å²) in [6.45, 7) is 2.21. The van der Waals surface area contributed by atoms with Gasteiger partial charge in [-0.2, -0.15) is 0 Å². The number of phenols is 1. The first kappa shape index (κ1) is 13.9. The summed E-state index contributed by atoms with van der Waals surface area (Å²) < 4.78 is 18.0. The van der Waals surface area contributed by atoms with Gasteiger partial charge in [-0.05, 0) is 37.5 Å². The molecule has 0 amide bonds. The third kappa shape index (κ3) is 3.72. The molecule has 0 saturated heterocycles. The van der Waals surface area contributed by atoms with E-state index in [0.29, 0.717) is 17.7 Å². The first-order valence-electron chi connectivity index (χ1n) is 6.01. The minimum atomic E-state index is -2.89. The van der Waals surface area contributed by atoms with E-state index in [1.807, 2.05) is 6.92 Å². The van der Waals surface area contributed by atoms with Crippen molar-refractivity contribution in [3.63, 3.8) is 0 Å². The van der Waals surface area contributed by atoms with Gasteiger partial charge in [0.05, 0.1) is 12.8 Å². The van der Waals surface area contributed by atoms with Crippen LogP contribution in [-0.2, 0) is 15.3 Å². The predicted molar refractivity (Wildman–Crippen MR) is 72.2 cm³/mol. The van der Waals surface area contributed by atoms with Crippen LogP contribution in [0.15, 0.2) is 18.2 Å². The Morgan fingerprint density at radius 3 is 2.83 bits per heavy atom. The quantitative estimate of drug-likeness (QED) is 0.787. The molecule has 4 nitrogen and oxygen atoms in total. The first-order valence-corrected chi connectivity index (χ1v) is 8.20. The molecule has 1 saturated carbocycles. The fraction of sp³-hybridized carbons (Fsp3) is 0.500. The summed E-state index contributed by atoms with van der Waals surface area (Å²) >= 11 is 6.02. The smallest absolute Gasteiger partial charge is 0.274 e. The molecule has 0 bridgehead atoms. The van der Waals surface area contributed by atoms with Crippen LogP contribution < -0.4 is 5.09 Å². The van der Waals surface area contributed by atoms with Gasteiger partial charge in [-0.3, -0.25) is 4.57 Å². The highest BCUT2D eigenvalue weighted by Crippen LogP contribution is 2.50. The van der Waals surface area contributed by atoms with Crippen LogP contribution in [-0.4, -0.2) is 17.8 Å². The molecule has 100 valence electrons. The van der Waals surface area contributed by atoms with Gasteiger partial charge in [0, 0.05) is 11.1 Å². The number of halogens is 1. The lowest BCUT2D eigenvalue weighted by Gasteiger charge is -2.19. The van der Waals surface area contributed by atoms with Crippen molar-refractivity contribution in [1.29, 1.82) is 0 Å². The summed E-state index contributed by atoms with van der Waals surface area (Å²) in [6, 6.07) is 4.97. The Labute approximate surface area is 112 Å². The Bertz CT molecular complexity index is 476. The fourth-order valence-corrected chi connectivity index (χ4v) is 4.26. The Balaban J connectivity index is 2.14. The topological polar surface area (TPSA) is 58.6 Å². The predicted octanol–water partition coefficient (Wildman–Crippen LogP) is 3.53. The zero-order chi connectivity index (χ0) is 13.2. The number of hydrogen-bond donors (Lipinski definition) is 2. The van der Waals surface area contributed by atoms with Gasteiger partial charge in [-0.25, -0.2) is 5.09 Å². The number of nitrogens with one attached hydrogen (secondary N) is 1. The van der Waals surface area contributed by atoms with E-state index in [0.717, 1.165) is 18.4 Å². The second-order valence-electron chi connectivity index (χ2n) is 4.43. The minimum Gasteiger partial charge on any atom is -0.508 e. The molecule has 0 spiro atoms. The molecule has 1 aromatic carbocycles. The molecule has 1 unspecified atom stereocenters. The summed E-state index contributed by atoms with van der Waals surface area (Å²) in [6.07, 6.45) is 2.33. The van der Waals surface area contributed by atoms with Gasteiger partial charge in [0.15, 0.2) is 0 Å². The highest BCUT2D eigenvalue weighted by atomic mass is 35.5. The van der Waals surface area contributed by atoms with E-state index in [1.54, 1.807) is 6.07 Å². The Kier molecular flexibility index (Phi) is 4.33. The summed E-state index contributed by atoms with van der Waals surface area (Å²) in [5.41, 5.74) is 0.722. The van der Waals surface area contributed by atoms with Crippen molar-refractivity contribution in [3.8, 4) is 5.75 Å². The van der Waals surface area contributed by atoms with Crippen molar-refractivity contribution >= 4 is 19.1 Å². The average Bonchev–Trinajstić information content (AvgIpc) is 3.06. The van der Waals surface area contributed by atoms with Gasteiger partial charge in [-0.1, -0.05) is 17.7 Å². The third-order valence-corrected chi connectivity index (χ3v) is 5.25. The normalized spacial score (nSPS) is 18.6. The lowest BCUT2D eigenvalue weighted by molar-refractivity contribution is 0.323. The monoisotopic (exact) mass is 289 g/mol. The van der Waals surface area contributed by atoms with E-state index in [-0.39, 0.29) is 11.9 Å². The van der Waals surface area contributed by atoms with Crippen molar-refractivity contribution < 1.29 is 14.2 Å². The van der Waals surface area contributed by atoms with E-state index < -0.39 is 7.52 Å². The van der Waals surface area contributed by atoms with E-state index in [9.17, 15) is 9.67 Å². The third-order valence-electron chi connectivity index (χ3n) is 2.71. The highest BCUT2D eigenvalue weighted by Gasteiger charge is 2.32. The van der Waals surface area contributed by atoms with Crippen molar-refractivity contribution in [2.24, 2.45) is 0 Å². The van der Waals surface area contributed by atoms with E-state index in [4.69, 9.17) is 16.1 Å². The maximum atomic E-state index is 12.6. The zero-order valence-corrected chi connectivity index (χ0v) is 11.9. The van der Waals surface area contributed by atoms with Crippen molar-refractivity contribution in [2.75, 3.05) is 6.61 Å². The van der Waals surface area contributed by atoms with Gasteiger partial charge in [0.2, 0.25) is 0 Å². The fourth-order valence-electron chi connectivity index (χ4n) is 1.72. The van der Waals surface area contributed by atoms with Crippen LogP contribution in [0.2, 0.25) is 5.02 Å². The molecule has 2 rings (SSSR count). The molecule has 6 heteroatoms. The largest absolute Gasteiger partial charge is 0.508 e. The molecule has 0 radical (unpaired) electrons. The SMILES string of the molecule is CCOP(=O)(Cc1ccc(O)cc1Cl)NC1CC1. The van der Waals surface area contributed by atoms with Crippen molar-refractivity contribution in [3.05, 3.63) is 28.8 Å². The van der Waals surface area contributed by atoms with Gasteiger partial charge < -0.3 is 9.63 Å². The number of hydrogen-bond acceptors (Lipinski definition) is 3. The zero-order valence-electron chi connectivity index (χ0n) is 10.2. The maximum Gasteiger partial charge on any atom is 0.274 e. The Hall–Kier alpha value is -0.540. The van der Waals surface area contributed by atoms with Crippen molar-refractivity contribution in [2.45, 2.75) is 32.0 Å². The van der Waals surface area contributed by atoms with Crippen LogP contribution in [0.4, 0.5) is 0 Å². The van der Waals surface area contributed by atoms with Gasteiger partial charge in [0.25, 0.3) is 7.52 Å². The van der Waals surface area contributed by atoms with Crippen LogP contribution in [0.25, 0.3) is 0 Å². The van der Waals surface area contributed by atoms with Crippen molar-refractivity contribution in [1.82, 2.24) is 5.09 Å². The lowest BCUT2D eigenvalue weighted by Crippen LogP contribution is -2.16. The lowest BCUT2D eigenvalue weighted by atomic mass is 10.2.